The molecule has 0 spiro atoms. The third kappa shape index (κ3) is 3.11. The first-order valence-corrected chi connectivity index (χ1v) is 7.76. The second kappa shape index (κ2) is 6.44. The highest BCUT2D eigenvalue weighted by atomic mass is 35.5. The number of nitrogens with zero attached hydrogens (tertiary/aromatic N) is 4. The van der Waals surface area contributed by atoms with Gasteiger partial charge in [0.15, 0.2) is 5.82 Å². The first kappa shape index (κ1) is 15.0. The van der Waals surface area contributed by atoms with Crippen molar-refractivity contribution in [2.75, 3.05) is 6.54 Å². The third-order valence-electron chi connectivity index (χ3n) is 3.79. The van der Waals surface area contributed by atoms with Gasteiger partial charge >= 0.3 is 0 Å². The summed E-state index contributed by atoms with van der Waals surface area (Å²) >= 11 is 5.90. The molecule has 0 bridgehead atoms. The molecule has 1 amide bonds. The number of rotatable bonds is 2. The Balaban J connectivity index is 1.91. The molecule has 0 radical (unpaired) electrons. The fourth-order valence-electron chi connectivity index (χ4n) is 2.74. The molecule has 22 heavy (non-hydrogen) atoms. The van der Waals surface area contributed by atoms with Crippen LogP contribution in [0.3, 0.4) is 0 Å². The minimum Gasteiger partial charge on any atom is -0.340 e. The lowest BCUT2D eigenvalue weighted by Crippen LogP contribution is -2.35. The fourth-order valence-corrected chi connectivity index (χ4v) is 2.91. The van der Waals surface area contributed by atoms with E-state index in [0.717, 1.165) is 25.7 Å². The van der Waals surface area contributed by atoms with Crippen LogP contribution in [0.1, 0.15) is 53.9 Å². The average molecular weight is 321 g/mol. The van der Waals surface area contributed by atoms with Crippen LogP contribution in [-0.2, 0) is 0 Å². The maximum absolute atomic E-state index is 12.8. The van der Waals surface area contributed by atoms with Crippen LogP contribution in [0.15, 0.2) is 22.7 Å². The molecule has 2 aromatic rings. The van der Waals surface area contributed by atoms with Gasteiger partial charge in [-0.3, -0.25) is 4.79 Å². The van der Waals surface area contributed by atoms with Crippen LogP contribution in [-0.4, -0.2) is 32.5 Å². The van der Waals surface area contributed by atoms with Crippen LogP contribution >= 0.6 is 11.6 Å². The number of hydrogen-bond acceptors (Lipinski definition) is 5. The zero-order valence-electron chi connectivity index (χ0n) is 12.3. The van der Waals surface area contributed by atoms with E-state index in [0.29, 0.717) is 29.1 Å². The summed E-state index contributed by atoms with van der Waals surface area (Å²) in [5.74, 6) is 0.930. The Labute approximate surface area is 133 Å². The topological polar surface area (TPSA) is 72.1 Å². The molecule has 1 aliphatic heterocycles. The third-order valence-corrected chi connectivity index (χ3v) is 4.00. The number of hydrogen-bond donors (Lipinski definition) is 0. The molecule has 1 fully saturated rings. The highest BCUT2D eigenvalue weighted by Crippen LogP contribution is 2.29. The SMILES string of the molecule is Cc1nc(C2CCCCCN2C(=O)c2cccc(Cl)n2)no1. The van der Waals surface area contributed by atoms with E-state index in [1.807, 2.05) is 0 Å². The summed E-state index contributed by atoms with van der Waals surface area (Å²) in [7, 11) is 0. The van der Waals surface area contributed by atoms with E-state index in [9.17, 15) is 4.79 Å². The molecule has 3 heterocycles. The predicted molar refractivity (Wildman–Crippen MR) is 80.5 cm³/mol. The Morgan fingerprint density at radius 3 is 2.91 bits per heavy atom. The number of aromatic nitrogens is 3. The zero-order chi connectivity index (χ0) is 15.5. The molecule has 7 heteroatoms. The molecule has 2 aromatic heterocycles. The Morgan fingerprint density at radius 1 is 1.32 bits per heavy atom. The lowest BCUT2D eigenvalue weighted by Gasteiger charge is -2.27. The smallest absolute Gasteiger partial charge is 0.273 e. The molecular formula is C15H17ClN4O2. The van der Waals surface area contributed by atoms with Gasteiger partial charge in [0.1, 0.15) is 10.8 Å². The van der Waals surface area contributed by atoms with Gasteiger partial charge in [-0.1, -0.05) is 35.7 Å². The van der Waals surface area contributed by atoms with Crippen LogP contribution in [0.4, 0.5) is 0 Å². The Kier molecular flexibility index (Phi) is 4.38. The van der Waals surface area contributed by atoms with Crippen LogP contribution in [0.5, 0.6) is 0 Å². The summed E-state index contributed by atoms with van der Waals surface area (Å²) in [6.45, 7) is 2.41. The highest BCUT2D eigenvalue weighted by Gasteiger charge is 2.31. The number of likely N-dealkylation sites (tertiary alicyclic amines) is 1. The zero-order valence-corrected chi connectivity index (χ0v) is 13.1. The number of amides is 1. The number of carbonyl (C=O) groups is 1. The molecule has 1 unspecified atom stereocenters. The molecule has 0 saturated carbocycles. The van der Waals surface area contributed by atoms with Crippen molar-refractivity contribution in [3.63, 3.8) is 0 Å². The molecule has 1 saturated heterocycles. The van der Waals surface area contributed by atoms with Crippen molar-refractivity contribution in [3.8, 4) is 0 Å². The quantitative estimate of drug-likeness (QED) is 0.795. The predicted octanol–water partition coefficient (Wildman–Crippen LogP) is 3.18. The van der Waals surface area contributed by atoms with Gasteiger partial charge in [-0.2, -0.15) is 4.98 Å². The van der Waals surface area contributed by atoms with Crippen molar-refractivity contribution in [3.05, 3.63) is 40.8 Å². The Hall–Kier alpha value is -1.95. The van der Waals surface area contributed by atoms with Gasteiger partial charge in [0, 0.05) is 13.5 Å². The molecule has 6 nitrogen and oxygen atoms in total. The largest absolute Gasteiger partial charge is 0.340 e. The number of pyridine rings is 1. The molecule has 0 aromatic carbocycles. The molecule has 1 atom stereocenters. The summed E-state index contributed by atoms with van der Waals surface area (Å²) in [5.41, 5.74) is 0.347. The van der Waals surface area contributed by atoms with Gasteiger partial charge in [0.2, 0.25) is 5.89 Å². The van der Waals surface area contributed by atoms with Crippen molar-refractivity contribution in [2.24, 2.45) is 0 Å². The lowest BCUT2D eigenvalue weighted by atomic mass is 10.1. The summed E-state index contributed by atoms with van der Waals surface area (Å²) < 4.78 is 5.08. The van der Waals surface area contributed by atoms with E-state index in [1.165, 1.54) is 0 Å². The minimum atomic E-state index is -0.173. The Bertz CT molecular complexity index is 673. The molecule has 0 aliphatic carbocycles. The average Bonchev–Trinajstić information content (AvgIpc) is 2.80. The highest BCUT2D eigenvalue weighted by molar-refractivity contribution is 6.29. The molecular weight excluding hydrogens is 304 g/mol. The van der Waals surface area contributed by atoms with Gasteiger partial charge in [0.05, 0.1) is 6.04 Å². The van der Waals surface area contributed by atoms with Crippen molar-refractivity contribution in [2.45, 2.75) is 38.6 Å². The molecule has 1 aliphatic rings. The first-order chi connectivity index (χ1) is 10.6. The van der Waals surface area contributed by atoms with Gasteiger partial charge in [-0.25, -0.2) is 4.98 Å². The van der Waals surface area contributed by atoms with E-state index < -0.39 is 0 Å². The first-order valence-electron chi connectivity index (χ1n) is 7.39. The monoisotopic (exact) mass is 320 g/mol. The van der Waals surface area contributed by atoms with Crippen molar-refractivity contribution in [1.82, 2.24) is 20.0 Å². The summed E-state index contributed by atoms with van der Waals surface area (Å²) in [5, 5.41) is 4.31. The van der Waals surface area contributed by atoms with Crippen molar-refractivity contribution in [1.29, 1.82) is 0 Å². The standard InChI is InChI=1S/C15H17ClN4O2/c1-10-17-14(19-22-10)12-7-3-2-4-9-20(12)15(21)11-6-5-8-13(16)18-11/h5-6,8,12H,2-4,7,9H2,1H3. The maximum atomic E-state index is 12.8. The number of halogens is 1. The summed E-state index contributed by atoms with van der Waals surface area (Å²) in [6.07, 6.45) is 3.90. The van der Waals surface area contributed by atoms with E-state index in [-0.39, 0.29) is 11.9 Å². The van der Waals surface area contributed by atoms with E-state index >= 15 is 0 Å². The fraction of sp³-hybridized carbons (Fsp3) is 0.467. The van der Waals surface area contributed by atoms with Gasteiger partial charge in [-0.15, -0.1) is 0 Å². The summed E-state index contributed by atoms with van der Waals surface area (Å²) in [6, 6.07) is 4.89. The lowest BCUT2D eigenvalue weighted by molar-refractivity contribution is 0.0664. The molecule has 116 valence electrons. The normalized spacial score (nSPS) is 19.0. The van der Waals surface area contributed by atoms with E-state index in [2.05, 4.69) is 15.1 Å². The van der Waals surface area contributed by atoms with Gasteiger partial charge < -0.3 is 9.42 Å². The summed E-state index contributed by atoms with van der Waals surface area (Å²) in [4.78, 5) is 23.0. The molecule has 0 N–H and O–H groups in total. The Morgan fingerprint density at radius 2 is 2.18 bits per heavy atom. The molecule has 3 rings (SSSR count). The number of carbonyl (C=O) groups excluding carboxylic acids is 1. The second-order valence-corrected chi connectivity index (χ2v) is 5.77. The van der Waals surface area contributed by atoms with E-state index in [4.69, 9.17) is 16.1 Å². The van der Waals surface area contributed by atoms with E-state index in [1.54, 1.807) is 30.0 Å². The van der Waals surface area contributed by atoms with Gasteiger partial charge in [-0.05, 0) is 25.0 Å². The minimum absolute atomic E-state index is 0.142. The second-order valence-electron chi connectivity index (χ2n) is 5.38. The van der Waals surface area contributed by atoms with Crippen molar-refractivity contribution < 1.29 is 9.32 Å². The van der Waals surface area contributed by atoms with Crippen LogP contribution in [0, 0.1) is 6.92 Å². The number of aryl methyl sites for hydroxylation is 1. The van der Waals surface area contributed by atoms with Crippen LogP contribution < -0.4 is 0 Å². The van der Waals surface area contributed by atoms with Crippen molar-refractivity contribution >= 4 is 17.5 Å². The van der Waals surface area contributed by atoms with Crippen LogP contribution in [0.2, 0.25) is 5.15 Å². The van der Waals surface area contributed by atoms with Crippen LogP contribution in [0.25, 0.3) is 0 Å². The van der Waals surface area contributed by atoms with Gasteiger partial charge in [0.25, 0.3) is 5.91 Å². The maximum Gasteiger partial charge on any atom is 0.273 e.